The normalized spacial score (nSPS) is 13.1. The van der Waals surface area contributed by atoms with Crippen molar-refractivity contribution in [3.05, 3.63) is 59.2 Å². The van der Waals surface area contributed by atoms with Crippen LogP contribution in [0.1, 0.15) is 20.7 Å². The van der Waals surface area contributed by atoms with E-state index in [2.05, 4.69) is 4.74 Å². The summed E-state index contributed by atoms with van der Waals surface area (Å²) in [4.78, 5) is 22.6. The van der Waals surface area contributed by atoms with Crippen LogP contribution in [-0.4, -0.2) is 11.9 Å². The van der Waals surface area contributed by atoms with Gasteiger partial charge in [-0.1, -0.05) is 0 Å². The fourth-order valence-electron chi connectivity index (χ4n) is 1.81. The molecule has 1 heterocycles. The molecule has 4 nitrogen and oxygen atoms in total. The van der Waals surface area contributed by atoms with Crippen LogP contribution in [0.3, 0.4) is 0 Å². The minimum absolute atomic E-state index is 0.0509. The van der Waals surface area contributed by atoms with E-state index in [9.17, 15) is 18.4 Å². The zero-order valence-corrected chi connectivity index (χ0v) is 9.85. The molecule has 2 aromatic carbocycles. The van der Waals surface area contributed by atoms with Gasteiger partial charge in [0.2, 0.25) is 0 Å². The molecule has 0 aromatic heterocycles. The van der Waals surface area contributed by atoms with Crippen molar-refractivity contribution in [2.45, 2.75) is 0 Å². The first-order valence-electron chi connectivity index (χ1n) is 5.58. The molecule has 0 saturated heterocycles. The number of ether oxygens (including phenoxy) is 2. The number of hydrogen-bond acceptors (Lipinski definition) is 4. The molecule has 3 rings (SSSR count). The Morgan fingerprint density at radius 3 is 2.40 bits per heavy atom. The molecule has 0 fully saturated rings. The first-order valence-corrected chi connectivity index (χ1v) is 5.58. The Morgan fingerprint density at radius 2 is 1.65 bits per heavy atom. The summed E-state index contributed by atoms with van der Waals surface area (Å²) in [5.74, 6) is -3.16. The van der Waals surface area contributed by atoms with Gasteiger partial charge in [-0.3, -0.25) is 0 Å². The van der Waals surface area contributed by atoms with Crippen LogP contribution in [0.15, 0.2) is 36.4 Å². The van der Waals surface area contributed by atoms with Gasteiger partial charge >= 0.3 is 11.9 Å². The van der Waals surface area contributed by atoms with Crippen molar-refractivity contribution < 1.29 is 27.8 Å². The standard InChI is InChI=1S/C14H6F2O4/c15-7-1-4-12(11(16)5-7)19-8-2-3-9-10(6-8)14(18)20-13(9)17/h1-6H. The maximum absolute atomic E-state index is 13.4. The van der Waals surface area contributed by atoms with E-state index in [1.165, 1.54) is 18.2 Å². The lowest BCUT2D eigenvalue weighted by molar-refractivity contribution is 0.0443. The molecule has 1 aliphatic heterocycles. The lowest BCUT2D eigenvalue weighted by atomic mass is 10.1. The predicted molar refractivity (Wildman–Crippen MR) is 62.6 cm³/mol. The summed E-state index contributed by atoms with van der Waals surface area (Å²) in [6.45, 7) is 0. The van der Waals surface area contributed by atoms with E-state index in [-0.39, 0.29) is 22.6 Å². The first-order chi connectivity index (χ1) is 9.54. The second-order valence-electron chi connectivity index (χ2n) is 4.06. The average molecular weight is 276 g/mol. The maximum atomic E-state index is 13.4. The fraction of sp³-hybridized carbons (Fsp3) is 0. The quantitative estimate of drug-likeness (QED) is 0.625. The molecular formula is C14H6F2O4. The summed E-state index contributed by atoms with van der Waals surface area (Å²) in [6, 6.07) is 6.86. The van der Waals surface area contributed by atoms with E-state index >= 15 is 0 Å². The third-order valence-corrected chi connectivity index (χ3v) is 2.74. The molecule has 100 valence electrons. The fourth-order valence-corrected chi connectivity index (χ4v) is 1.81. The summed E-state index contributed by atoms with van der Waals surface area (Å²) < 4.78 is 35.8. The van der Waals surface area contributed by atoms with E-state index in [4.69, 9.17) is 4.74 Å². The number of halogens is 2. The van der Waals surface area contributed by atoms with Crippen molar-refractivity contribution in [1.82, 2.24) is 0 Å². The van der Waals surface area contributed by atoms with Crippen LogP contribution in [-0.2, 0) is 4.74 Å². The van der Waals surface area contributed by atoms with Gasteiger partial charge in [-0.25, -0.2) is 18.4 Å². The van der Waals surface area contributed by atoms with E-state index in [0.717, 1.165) is 12.1 Å². The highest BCUT2D eigenvalue weighted by molar-refractivity contribution is 6.14. The van der Waals surface area contributed by atoms with Crippen molar-refractivity contribution in [1.29, 1.82) is 0 Å². The smallest absolute Gasteiger partial charge is 0.347 e. The molecule has 0 saturated carbocycles. The Bertz CT molecular complexity index is 740. The molecule has 0 aliphatic carbocycles. The van der Waals surface area contributed by atoms with Crippen LogP contribution in [0.5, 0.6) is 11.5 Å². The second-order valence-corrected chi connectivity index (χ2v) is 4.06. The van der Waals surface area contributed by atoms with Gasteiger partial charge in [0.1, 0.15) is 11.6 Å². The van der Waals surface area contributed by atoms with Crippen molar-refractivity contribution >= 4 is 11.9 Å². The van der Waals surface area contributed by atoms with Gasteiger partial charge in [-0.05, 0) is 30.3 Å². The average Bonchev–Trinajstić information content (AvgIpc) is 2.68. The SMILES string of the molecule is O=C1OC(=O)c2cc(Oc3ccc(F)cc3F)ccc21. The topological polar surface area (TPSA) is 52.6 Å². The zero-order chi connectivity index (χ0) is 14.3. The molecule has 0 unspecified atom stereocenters. The number of carbonyl (C=O) groups excluding carboxylic acids is 2. The first kappa shape index (κ1) is 12.3. The highest BCUT2D eigenvalue weighted by Crippen LogP contribution is 2.29. The lowest BCUT2D eigenvalue weighted by Crippen LogP contribution is -1.96. The molecule has 0 radical (unpaired) electrons. The number of carbonyl (C=O) groups is 2. The molecule has 0 bridgehead atoms. The van der Waals surface area contributed by atoms with Crippen molar-refractivity contribution in [3.63, 3.8) is 0 Å². The van der Waals surface area contributed by atoms with Gasteiger partial charge in [-0.15, -0.1) is 0 Å². The van der Waals surface area contributed by atoms with Crippen molar-refractivity contribution in [2.75, 3.05) is 0 Å². The Labute approximate surface area is 111 Å². The van der Waals surface area contributed by atoms with Gasteiger partial charge in [0.15, 0.2) is 11.6 Å². The third-order valence-electron chi connectivity index (χ3n) is 2.74. The Kier molecular flexibility index (Phi) is 2.71. The summed E-state index contributed by atoms with van der Waals surface area (Å²) in [5.41, 5.74) is 0.178. The van der Waals surface area contributed by atoms with Gasteiger partial charge in [-0.2, -0.15) is 0 Å². The Balaban J connectivity index is 1.95. The van der Waals surface area contributed by atoms with Crippen LogP contribution in [0.2, 0.25) is 0 Å². The van der Waals surface area contributed by atoms with E-state index in [1.54, 1.807) is 0 Å². The van der Waals surface area contributed by atoms with Crippen LogP contribution in [0.25, 0.3) is 0 Å². The molecule has 20 heavy (non-hydrogen) atoms. The zero-order valence-electron chi connectivity index (χ0n) is 9.85. The summed E-state index contributed by atoms with van der Waals surface area (Å²) >= 11 is 0. The summed E-state index contributed by atoms with van der Waals surface area (Å²) in [6.07, 6.45) is 0. The largest absolute Gasteiger partial charge is 0.454 e. The van der Waals surface area contributed by atoms with Crippen molar-refractivity contribution in [3.8, 4) is 11.5 Å². The number of benzene rings is 2. The highest BCUT2D eigenvalue weighted by Gasteiger charge is 2.30. The number of hydrogen-bond donors (Lipinski definition) is 0. The van der Waals surface area contributed by atoms with Gasteiger partial charge in [0, 0.05) is 6.07 Å². The minimum Gasteiger partial charge on any atom is -0.454 e. The third kappa shape index (κ3) is 2.01. The van der Waals surface area contributed by atoms with Crippen molar-refractivity contribution in [2.24, 2.45) is 0 Å². The number of rotatable bonds is 2. The summed E-state index contributed by atoms with van der Waals surface area (Å²) in [5, 5.41) is 0. The highest BCUT2D eigenvalue weighted by atomic mass is 19.1. The van der Waals surface area contributed by atoms with E-state index in [0.29, 0.717) is 6.07 Å². The van der Waals surface area contributed by atoms with Gasteiger partial charge in [0.05, 0.1) is 11.1 Å². The van der Waals surface area contributed by atoms with Crippen LogP contribution >= 0.6 is 0 Å². The van der Waals surface area contributed by atoms with Crippen LogP contribution in [0.4, 0.5) is 8.78 Å². The second kappa shape index (κ2) is 4.41. The maximum Gasteiger partial charge on any atom is 0.347 e. The molecular weight excluding hydrogens is 270 g/mol. The van der Waals surface area contributed by atoms with E-state index < -0.39 is 23.6 Å². The number of esters is 2. The predicted octanol–water partition coefficient (Wildman–Crippen LogP) is 3.07. The molecule has 1 aliphatic rings. The molecule has 0 spiro atoms. The number of cyclic esters (lactones) is 2. The lowest BCUT2D eigenvalue weighted by Gasteiger charge is -2.07. The monoisotopic (exact) mass is 276 g/mol. The van der Waals surface area contributed by atoms with Gasteiger partial charge in [0.25, 0.3) is 0 Å². The van der Waals surface area contributed by atoms with E-state index in [1.807, 2.05) is 0 Å². The molecule has 0 N–H and O–H groups in total. The van der Waals surface area contributed by atoms with Crippen LogP contribution in [0, 0.1) is 11.6 Å². The molecule has 6 heteroatoms. The Hall–Kier alpha value is -2.76. The molecule has 0 amide bonds. The Morgan fingerprint density at radius 1 is 0.900 bits per heavy atom. The summed E-state index contributed by atoms with van der Waals surface area (Å²) in [7, 11) is 0. The van der Waals surface area contributed by atoms with Gasteiger partial charge < -0.3 is 9.47 Å². The minimum atomic E-state index is -0.871. The van der Waals surface area contributed by atoms with Crippen LogP contribution < -0.4 is 4.74 Å². The molecule has 0 atom stereocenters. The molecule has 2 aromatic rings. The number of fused-ring (bicyclic) bond motifs is 1.